The molecule has 0 bridgehead atoms. The summed E-state index contributed by atoms with van der Waals surface area (Å²) in [7, 11) is 0. The molecule has 0 aromatic heterocycles. The molecule has 1 N–H and O–H groups in total. The maximum Gasteiger partial charge on any atom is 0.251 e. The molecule has 0 radical (unpaired) electrons. The van der Waals surface area contributed by atoms with Crippen LogP contribution in [-0.4, -0.2) is 12.5 Å². The minimum absolute atomic E-state index is 0.163. The zero-order valence-electron chi connectivity index (χ0n) is 12.6. The predicted molar refractivity (Wildman–Crippen MR) is 84.4 cm³/mol. The van der Waals surface area contributed by atoms with Gasteiger partial charge in [0.15, 0.2) is 0 Å². The van der Waals surface area contributed by atoms with Crippen LogP contribution in [0.15, 0.2) is 48.5 Å². The highest BCUT2D eigenvalue weighted by molar-refractivity contribution is 5.94. The number of rotatable bonds is 7. The summed E-state index contributed by atoms with van der Waals surface area (Å²) in [6.07, 6.45) is 2.10. The number of halogens is 1. The Bertz CT molecular complexity index is 593. The zero-order valence-corrected chi connectivity index (χ0v) is 12.6. The van der Waals surface area contributed by atoms with Gasteiger partial charge in [-0.15, -0.1) is 0 Å². The molecule has 0 heterocycles. The van der Waals surface area contributed by atoms with E-state index in [9.17, 15) is 9.18 Å². The van der Waals surface area contributed by atoms with Crippen molar-refractivity contribution in [3.8, 4) is 5.75 Å². The van der Waals surface area contributed by atoms with E-state index in [-0.39, 0.29) is 11.7 Å². The first-order chi connectivity index (χ1) is 10.7. The molecule has 1 amide bonds. The average Bonchev–Trinajstić information content (AvgIpc) is 2.55. The van der Waals surface area contributed by atoms with Crippen LogP contribution in [0.5, 0.6) is 5.75 Å². The molecule has 0 saturated heterocycles. The molecule has 0 spiro atoms. The van der Waals surface area contributed by atoms with Gasteiger partial charge in [0.2, 0.25) is 0 Å². The number of carbonyl (C=O) groups excluding carboxylic acids is 1. The number of amides is 1. The molecule has 2 aromatic rings. The first-order valence-electron chi connectivity index (χ1n) is 7.44. The molecule has 0 aliphatic rings. The van der Waals surface area contributed by atoms with Gasteiger partial charge < -0.3 is 10.1 Å². The predicted octanol–water partition coefficient (Wildman–Crippen LogP) is 3.93. The summed E-state index contributed by atoms with van der Waals surface area (Å²) in [5, 5.41) is 2.80. The molecule has 3 nitrogen and oxygen atoms in total. The van der Waals surface area contributed by atoms with Crippen LogP contribution in [0, 0.1) is 5.82 Å². The van der Waals surface area contributed by atoms with E-state index in [0.29, 0.717) is 18.7 Å². The smallest absolute Gasteiger partial charge is 0.251 e. The van der Waals surface area contributed by atoms with Gasteiger partial charge in [0.05, 0.1) is 6.61 Å². The third kappa shape index (κ3) is 4.88. The molecule has 0 atom stereocenters. The number of unbranched alkanes of at least 4 members (excludes halogenated alkanes) is 1. The summed E-state index contributed by atoms with van der Waals surface area (Å²) in [4.78, 5) is 12.0. The molecule has 0 saturated carbocycles. The lowest BCUT2D eigenvalue weighted by atomic mass is 10.2. The van der Waals surface area contributed by atoms with Gasteiger partial charge in [-0.2, -0.15) is 0 Å². The minimum atomic E-state index is -0.284. The average molecular weight is 301 g/mol. The second-order valence-electron chi connectivity index (χ2n) is 5.04. The maximum atomic E-state index is 12.8. The van der Waals surface area contributed by atoms with Gasteiger partial charge in [0.25, 0.3) is 5.91 Å². The second-order valence-corrected chi connectivity index (χ2v) is 5.04. The molecular weight excluding hydrogens is 281 g/mol. The van der Waals surface area contributed by atoms with E-state index in [1.807, 2.05) is 0 Å². The SMILES string of the molecule is CCCCOc1ccc(C(=O)NCc2ccc(F)cc2)cc1. The van der Waals surface area contributed by atoms with E-state index >= 15 is 0 Å². The topological polar surface area (TPSA) is 38.3 Å². The van der Waals surface area contributed by atoms with Crippen LogP contribution >= 0.6 is 0 Å². The first kappa shape index (κ1) is 16.0. The van der Waals surface area contributed by atoms with Crippen LogP contribution in [0.1, 0.15) is 35.7 Å². The van der Waals surface area contributed by atoms with Crippen molar-refractivity contribution in [3.05, 3.63) is 65.5 Å². The molecule has 2 rings (SSSR count). The number of benzene rings is 2. The Kier molecular flexibility index (Phi) is 5.95. The summed E-state index contributed by atoms with van der Waals surface area (Å²) in [5.41, 5.74) is 1.43. The Morgan fingerprint density at radius 3 is 2.41 bits per heavy atom. The molecule has 2 aromatic carbocycles. The van der Waals surface area contributed by atoms with Crippen LogP contribution in [0.25, 0.3) is 0 Å². The summed E-state index contributed by atoms with van der Waals surface area (Å²) < 4.78 is 18.4. The Labute approximate surface area is 130 Å². The van der Waals surface area contributed by atoms with Crippen molar-refractivity contribution in [1.82, 2.24) is 5.32 Å². The van der Waals surface area contributed by atoms with Crippen LogP contribution in [0.3, 0.4) is 0 Å². The van der Waals surface area contributed by atoms with Crippen LogP contribution in [0.2, 0.25) is 0 Å². The Balaban J connectivity index is 1.85. The molecule has 4 heteroatoms. The number of carbonyl (C=O) groups is 1. The number of nitrogens with one attached hydrogen (secondary N) is 1. The van der Waals surface area contributed by atoms with Crippen LogP contribution in [-0.2, 0) is 6.54 Å². The van der Waals surface area contributed by atoms with E-state index in [1.54, 1.807) is 36.4 Å². The van der Waals surface area contributed by atoms with Gasteiger partial charge in [-0.1, -0.05) is 25.5 Å². The number of ether oxygens (including phenoxy) is 1. The molecule has 0 fully saturated rings. The van der Waals surface area contributed by atoms with Crippen molar-refractivity contribution in [2.45, 2.75) is 26.3 Å². The maximum absolute atomic E-state index is 12.8. The summed E-state index contributed by atoms with van der Waals surface area (Å²) in [6.45, 7) is 3.17. The van der Waals surface area contributed by atoms with Gasteiger partial charge in [0.1, 0.15) is 11.6 Å². The molecule has 0 aliphatic heterocycles. The quantitative estimate of drug-likeness (QED) is 0.787. The van der Waals surface area contributed by atoms with Crippen molar-refractivity contribution in [2.75, 3.05) is 6.61 Å². The minimum Gasteiger partial charge on any atom is -0.494 e. The van der Waals surface area contributed by atoms with Crippen LogP contribution < -0.4 is 10.1 Å². The standard InChI is InChI=1S/C18H20FNO2/c1-2-3-12-22-17-10-6-15(7-11-17)18(21)20-13-14-4-8-16(19)9-5-14/h4-11H,2-3,12-13H2,1H3,(H,20,21). The van der Waals surface area contributed by atoms with Crippen molar-refractivity contribution in [1.29, 1.82) is 0 Å². The Morgan fingerprint density at radius 2 is 1.77 bits per heavy atom. The van der Waals surface area contributed by atoms with E-state index in [4.69, 9.17) is 4.74 Å². The molecule has 0 unspecified atom stereocenters. The van der Waals surface area contributed by atoms with Crippen molar-refractivity contribution in [2.24, 2.45) is 0 Å². The Morgan fingerprint density at radius 1 is 1.09 bits per heavy atom. The molecule has 116 valence electrons. The second kappa shape index (κ2) is 8.17. The normalized spacial score (nSPS) is 10.3. The fraction of sp³-hybridized carbons (Fsp3) is 0.278. The lowest BCUT2D eigenvalue weighted by molar-refractivity contribution is 0.0951. The van der Waals surface area contributed by atoms with Gasteiger partial charge >= 0.3 is 0 Å². The Hall–Kier alpha value is -2.36. The van der Waals surface area contributed by atoms with Crippen molar-refractivity contribution in [3.63, 3.8) is 0 Å². The highest BCUT2D eigenvalue weighted by atomic mass is 19.1. The molecule has 22 heavy (non-hydrogen) atoms. The first-order valence-corrected chi connectivity index (χ1v) is 7.44. The van der Waals surface area contributed by atoms with Gasteiger partial charge in [-0.3, -0.25) is 4.79 Å². The third-order valence-corrected chi connectivity index (χ3v) is 3.25. The number of hydrogen-bond donors (Lipinski definition) is 1. The molecule has 0 aliphatic carbocycles. The summed E-state index contributed by atoms with van der Waals surface area (Å²) in [6, 6.07) is 13.1. The van der Waals surface area contributed by atoms with Crippen molar-refractivity contribution < 1.29 is 13.9 Å². The van der Waals surface area contributed by atoms with E-state index in [0.717, 1.165) is 24.2 Å². The summed E-state index contributed by atoms with van der Waals surface area (Å²) >= 11 is 0. The molecular formula is C18H20FNO2. The largest absolute Gasteiger partial charge is 0.494 e. The van der Waals surface area contributed by atoms with E-state index < -0.39 is 0 Å². The summed E-state index contributed by atoms with van der Waals surface area (Å²) in [5.74, 6) is 0.321. The van der Waals surface area contributed by atoms with Gasteiger partial charge in [-0.25, -0.2) is 4.39 Å². The monoisotopic (exact) mass is 301 g/mol. The fourth-order valence-corrected chi connectivity index (χ4v) is 1.92. The lowest BCUT2D eigenvalue weighted by Crippen LogP contribution is -2.22. The van der Waals surface area contributed by atoms with Gasteiger partial charge in [0, 0.05) is 12.1 Å². The zero-order chi connectivity index (χ0) is 15.8. The van der Waals surface area contributed by atoms with Crippen LogP contribution in [0.4, 0.5) is 4.39 Å². The lowest BCUT2D eigenvalue weighted by Gasteiger charge is -2.08. The van der Waals surface area contributed by atoms with Crippen molar-refractivity contribution >= 4 is 5.91 Å². The van der Waals surface area contributed by atoms with Gasteiger partial charge in [-0.05, 0) is 48.4 Å². The van der Waals surface area contributed by atoms with E-state index in [2.05, 4.69) is 12.2 Å². The van der Waals surface area contributed by atoms with E-state index in [1.165, 1.54) is 12.1 Å². The number of hydrogen-bond acceptors (Lipinski definition) is 2. The highest BCUT2D eigenvalue weighted by Gasteiger charge is 2.05. The highest BCUT2D eigenvalue weighted by Crippen LogP contribution is 2.13. The third-order valence-electron chi connectivity index (χ3n) is 3.25. The fourth-order valence-electron chi connectivity index (χ4n) is 1.92.